The summed E-state index contributed by atoms with van der Waals surface area (Å²) in [6.07, 6.45) is 4.08. The lowest BCUT2D eigenvalue weighted by molar-refractivity contribution is 0.0954. The molecule has 6 nitrogen and oxygen atoms in total. The van der Waals surface area contributed by atoms with Crippen LogP contribution in [0.2, 0.25) is 0 Å². The summed E-state index contributed by atoms with van der Waals surface area (Å²) >= 11 is 1.46. The highest BCUT2D eigenvalue weighted by Gasteiger charge is 2.28. The minimum absolute atomic E-state index is 0.0756. The zero-order valence-electron chi connectivity index (χ0n) is 18.1. The van der Waals surface area contributed by atoms with E-state index in [9.17, 15) is 4.79 Å². The number of amides is 1. The number of nitrogens with zero attached hydrogens (tertiary/aromatic N) is 3. The first-order chi connectivity index (χ1) is 15.6. The van der Waals surface area contributed by atoms with Crippen LogP contribution in [-0.2, 0) is 13.2 Å². The summed E-state index contributed by atoms with van der Waals surface area (Å²) < 4.78 is 5.77. The summed E-state index contributed by atoms with van der Waals surface area (Å²) in [4.78, 5) is 28.2. The number of thiophene rings is 1. The largest absolute Gasteiger partial charge is 0.487 e. The smallest absolute Gasteiger partial charge is 0.261 e. The van der Waals surface area contributed by atoms with Crippen LogP contribution in [0.5, 0.6) is 5.75 Å². The number of ether oxygens (including phenoxy) is 1. The average Bonchev–Trinajstić information content (AvgIpc) is 3.61. The molecular formula is C25H24N4O2S. The van der Waals surface area contributed by atoms with Gasteiger partial charge in [0, 0.05) is 24.0 Å². The van der Waals surface area contributed by atoms with Gasteiger partial charge in [-0.1, -0.05) is 18.2 Å². The molecule has 0 atom stereocenters. The third-order valence-electron chi connectivity index (χ3n) is 5.63. The summed E-state index contributed by atoms with van der Waals surface area (Å²) in [6.45, 7) is 4.86. The first kappa shape index (κ1) is 20.6. The van der Waals surface area contributed by atoms with E-state index in [1.165, 1.54) is 11.3 Å². The van der Waals surface area contributed by atoms with Crippen LogP contribution >= 0.6 is 11.3 Å². The highest BCUT2D eigenvalue weighted by atomic mass is 32.1. The highest BCUT2D eigenvalue weighted by molar-refractivity contribution is 7.20. The van der Waals surface area contributed by atoms with Crippen molar-refractivity contribution in [3.8, 4) is 5.75 Å². The molecule has 1 saturated carbocycles. The quantitative estimate of drug-likeness (QED) is 0.430. The van der Waals surface area contributed by atoms with Gasteiger partial charge in [0.1, 0.15) is 23.0 Å². The monoisotopic (exact) mass is 444 g/mol. The van der Waals surface area contributed by atoms with Gasteiger partial charge in [-0.25, -0.2) is 9.97 Å². The number of rotatable bonds is 7. The van der Waals surface area contributed by atoms with Crippen LogP contribution in [0.3, 0.4) is 0 Å². The van der Waals surface area contributed by atoms with E-state index in [0.717, 1.165) is 57.1 Å². The van der Waals surface area contributed by atoms with Crippen molar-refractivity contribution in [2.45, 2.75) is 45.8 Å². The predicted molar refractivity (Wildman–Crippen MR) is 125 cm³/mol. The van der Waals surface area contributed by atoms with Gasteiger partial charge >= 0.3 is 0 Å². The van der Waals surface area contributed by atoms with Crippen LogP contribution in [-0.4, -0.2) is 20.9 Å². The molecule has 4 aromatic rings. The fraction of sp³-hybridized carbons (Fsp3) is 0.280. The van der Waals surface area contributed by atoms with Gasteiger partial charge in [-0.3, -0.25) is 9.78 Å². The molecule has 1 aliphatic carbocycles. The van der Waals surface area contributed by atoms with Crippen LogP contribution in [0.1, 0.15) is 56.8 Å². The predicted octanol–water partition coefficient (Wildman–Crippen LogP) is 5.09. The second-order valence-electron chi connectivity index (χ2n) is 8.11. The van der Waals surface area contributed by atoms with Crippen molar-refractivity contribution in [2.75, 3.05) is 0 Å². The lowest BCUT2D eigenvalue weighted by atomic mass is 10.1. The van der Waals surface area contributed by atoms with Crippen LogP contribution in [0.25, 0.3) is 10.2 Å². The van der Waals surface area contributed by atoms with Crippen LogP contribution in [0, 0.1) is 13.8 Å². The number of benzene rings is 1. The van der Waals surface area contributed by atoms with Gasteiger partial charge in [-0.15, -0.1) is 11.3 Å². The Balaban J connectivity index is 1.23. The Kier molecular flexibility index (Phi) is 5.57. The van der Waals surface area contributed by atoms with Gasteiger partial charge in [0.05, 0.1) is 16.3 Å². The normalized spacial score (nSPS) is 13.3. The molecule has 7 heteroatoms. The van der Waals surface area contributed by atoms with E-state index in [-0.39, 0.29) is 5.91 Å². The Hall–Kier alpha value is -3.32. The number of nitrogens with one attached hydrogen (secondary N) is 1. The molecule has 1 amide bonds. The van der Waals surface area contributed by atoms with E-state index >= 15 is 0 Å². The Labute approximate surface area is 190 Å². The van der Waals surface area contributed by atoms with Crippen LogP contribution < -0.4 is 10.1 Å². The number of hydrogen-bond acceptors (Lipinski definition) is 6. The molecule has 0 aliphatic heterocycles. The van der Waals surface area contributed by atoms with Crippen molar-refractivity contribution in [3.63, 3.8) is 0 Å². The van der Waals surface area contributed by atoms with Crippen LogP contribution in [0.15, 0.2) is 48.7 Å². The second-order valence-corrected chi connectivity index (χ2v) is 9.11. The third-order valence-corrected chi connectivity index (χ3v) is 6.81. The van der Waals surface area contributed by atoms with Crippen LogP contribution in [0.4, 0.5) is 0 Å². The first-order valence-electron chi connectivity index (χ1n) is 10.8. The molecule has 0 spiro atoms. The minimum atomic E-state index is -0.0756. The maximum Gasteiger partial charge on any atom is 0.261 e. The summed E-state index contributed by atoms with van der Waals surface area (Å²) in [6, 6.07) is 13.5. The maximum absolute atomic E-state index is 12.9. The highest BCUT2D eigenvalue weighted by Crippen LogP contribution is 2.40. The van der Waals surface area contributed by atoms with E-state index in [1.54, 1.807) is 6.20 Å². The Morgan fingerprint density at radius 1 is 1.12 bits per heavy atom. The molecule has 1 aromatic carbocycles. The van der Waals surface area contributed by atoms with E-state index in [0.29, 0.717) is 23.9 Å². The van der Waals surface area contributed by atoms with E-state index in [2.05, 4.69) is 15.3 Å². The van der Waals surface area contributed by atoms with Crippen molar-refractivity contribution in [1.29, 1.82) is 0 Å². The molecule has 32 heavy (non-hydrogen) atoms. The van der Waals surface area contributed by atoms with Gasteiger partial charge in [-0.2, -0.15) is 0 Å². The molecule has 0 saturated heterocycles. The fourth-order valence-electron chi connectivity index (χ4n) is 3.71. The number of pyridine rings is 1. The van der Waals surface area contributed by atoms with Crippen molar-refractivity contribution in [1.82, 2.24) is 20.3 Å². The molecule has 3 heterocycles. The lowest BCUT2D eigenvalue weighted by Crippen LogP contribution is -2.22. The van der Waals surface area contributed by atoms with Gasteiger partial charge in [-0.05, 0) is 62.1 Å². The fourth-order valence-corrected chi connectivity index (χ4v) is 4.86. The SMILES string of the molecule is Cc1nc(C2CC2)nc2sc(C(=O)NCc3ccc(OCc4ccccn4)cc3)c(C)c12. The van der Waals surface area contributed by atoms with Crippen molar-refractivity contribution in [2.24, 2.45) is 0 Å². The average molecular weight is 445 g/mol. The van der Waals surface area contributed by atoms with Crippen molar-refractivity contribution >= 4 is 27.5 Å². The lowest BCUT2D eigenvalue weighted by Gasteiger charge is -2.08. The molecule has 1 fully saturated rings. The first-order valence-corrected chi connectivity index (χ1v) is 11.6. The summed E-state index contributed by atoms with van der Waals surface area (Å²) in [7, 11) is 0. The standard InChI is InChI=1S/C25H24N4O2S/c1-15-21-16(2)28-23(18-8-9-18)29-25(21)32-22(15)24(30)27-13-17-6-10-20(11-7-17)31-14-19-5-3-4-12-26-19/h3-7,10-12,18H,8-9,13-14H2,1-2H3,(H,27,30). The molecule has 162 valence electrons. The van der Waals surface area contributed by atoms with Gasteiger partial charge in [0.15, 0.2) is 0 Å². The molecule has 5 rings (SSSR count). The second kappa shape index (κ2) is 8.67. The summed E-state index contributed by atoms with van der Waals surface area (Å²) in [5, 5.41) is 4.05. The van der Waals surface area contributed by atoms with Gasteiger partial charge in [0.2, 0.25) is 0 Å². The number of carbonyl (C=O) groups is 1. The Morgan fingerprint density at radius 3 is 2.66 bits per heavy atom. The molecule has 0 radical (unpaired) electrons. The number of hydrogen-bond donors (Lipinski definition) is 1. The minimum Gasteiger partial charge on any atom is -0.487 e. The number of aromatic nitrogens is 3. The zero-order valence-corrected chi connectivity index (χ0v) is 18.9. The molecular weight excluding hydrogens is 420 g/mol. The van der Waals surface area contributed by atoms with E-state index in [1.807, 2.05) is 56.3 Å². The Bertz CT molecular complexity index is 1260. The van der Waals surface area contributed by atoms with Gasteiger partial charge in [0.25, 0.3) is 5.91 Å². The summed E-state index contributed by atoms with van der Waals surface area (Å²) in [5.74, 6) is 2.11. The van der Waals surface area contributed by atoms with Crippen molar-refractivity contribution < 1.29 is 9.53 Å². The topological polar surface area (TPSA) is 77.0 Å². The zero-order chi connectivity index (χ0) is 22.1. The van der Waals surface area contributed by atoms with E-state index < -0.39 is 0 Å². The van der Waals surface area contributed by atoms with E-state index in [4.69, 9.17) is 9.72 Å². The molecule has 0 bridgehead atoms. The van der Waals surface area contributed by atoms with Gasteiger partial charge < -0.3 is 10.1 Å². The number of aryl methyl sites for hydroxylation is 2. The maximum atomic E-state index is 12.9. The third kappa shape index (κ3) is 4.34. The number of fused-ring (bicyclic) bond motifs is 1. The summed E-state index contributed by atoms with van der Waals surface area (Å²) in [5.41, 5.74) is 3.81. The Morgan fingerprint density at radius 2 is 1.94 bits per heavy atom. The molecule has 3 aromatic heterocycles. The molecule has 0 unspecified atom stereocenters. The molecule has 1 aliphatic rings. The molecule has 1 N–H and O–H groups in total. The number of carbonyl (C=O) groups excluding carboxylic acids is 1. The van der Waals surface area contributed by atoms with Crippen molar-refractivity contribution in [3.05, 3.63) is 81.9 Å².